The van der Waals surface area contributed by atoms with E-state index in [2.05, 4.69) is 0 Å². The summed E-state index contributed by atoms with van der Waals surface area (Å²) in [5.74, 6) is -4.62. The van der Waals surface area contributed by atoms with Crippen LogP contribution in [0.4, 0.5) is 0 Å². The van der Waals surface area contributed by atoms with Gasteiger partial charge in [-0.3, -0.25) is 4.79 Å². The molecule has 1 saturated heterocycles. The fourth-order valence-electron chi connectivity index (χ4n) is 4.11. The quantitative estimate of drug-likeness (QED) is 0.794. The van der Waals surface area contributed by atoms with Crippen LogP contribution in [0.5, 0.6) is 11.5 Å². The van der Waals surface area contributed by atoms with E-state index >= 15 is 0 Å². The van der Waals surface area contributed by atoms with Crippen molar-refractivity contribution in [3.05, 3.63) is 23.2 Å². The predicted octanol–water partition coefficient (Wildman–Crippen LogP) is 1.93. The highest BCUT2D eigenvalue weighted by Crippen LogP contribution is 2.62. The highest BCUT2D eigenvalue weighted by molar-refractivity contribution is 5.89. The van der Waals surface area contributed by atoms with Gasteiger partial charge in [-0.2, -0.15) is 0 Å². The van der Waals surface area contributed by atoms with Gasteiger partial charge in [0.2, 0.25) is 0 Å². The van der Waals surface area contributed by atoms with Crippen molar-refractivity contribution < 1.29 is 32.1 Å². The summed E-state index contributed by atoms with van der Waals surface area (Å²) in [5.41, 5.74) is -3.09. The Morgan fingerprint density at radius 3 is 3.45 bits per heavy atom. The van der Waals surface area contributed by atoms with E-state index in [0.717, 1.165) is 0 Å². The minimum atomic E-state index is -3.13. The van der Waals surface area contributed by atoms with Crippen molar-refractivity contribution in [3.63, 3.8) is 0 Å². The van der Waals surface area contributed by atoms with Crippen LogP contribution in [0.1, 0.15) is 48.2 Å². The largest absolute Gasteiger partial charge is 0.493 e. The van der Waals surface area contributed by atoms with Crippen LogP contribution in [0.2, 0.25) is 0 Å². The Balaban J connectivity index is 1.99. The van der Waals surface area contributed by atoms with E-state index in [-0.39, 0.29) is 12.0 Å². The molecule has 0 aromatic heterocycles. The molecule has 2 heterocycles. The zero-order valence-electron chi connectivity index (χ0n) is 24.5. The van der Waals surface area contributed by atoms with E-state index in [9.17, 15) is 7.54 Å². The number of benzene rings is 1. The summed E-state index contributed by atoms with van der Waals surface area (Å²) in [6.45, 7) is -3.53. The van der Waals surface area contributed by atoms with E-state index in [1.165, 1.54) is 0 Å². The molecule has 1 spiro atoms. The van der Waals surface area contributed by atoms with Crippen molar-refractivity contribution in [2.24, 2.45) is 5.89 Å². The maximum absolute atomic E-state index is 13.2. The van der Waals surface area contributed by atoms with Crippen molar-refractivity contribution in [1.82, 2.24) is 4.90 Å². The van der Waals surface area contributed by atoms with E-state index in [1.54, 1.807) is 0 Å². The number of ether oxygens (including phenoxy) is 2. The number of carbonyl (C=O) groups is 1. The monoisotopic (exact) mass is 312 g/mol. The lowest BCUT2D eigenvalue weighted by Gasteiger charge is -2.57. The van der Waals surface area contributed by atoms with Gasteiger partial charge >= 0.3 is 0 Å². The van der Waals surface area contributed by atoms with Gasteiger partial charge in [0.05, 0.1) is 15.3 Å². The van der Waals surface area contributed by atoms with Gasteiger partial charge < -0.3 is 14.4 Å². The lowest BCUT2D eigenvalue weighted by molar-refractivity contribution is -0.138. The third-order valence-electron chi connectivity index (χ3n) is 4.98. The zero-order chi connectivity index (χ0) is 26.4. The number of likely N-dealkylation sites (N-methyl/N-ethyl adjacent to an activating group) is 1. The maximum Gasteiger partial charge on any atom is 0.174 e. The highest BCUT2D eigenvalue weighted by atomic mass is 16.5. The van der Waals surface area contributed by atoms with Gasteiger partial charge in [0, 0.05) is 33.0 Å². The Bertz CT molecular complexity index is 1180. The Kier molecular flexibility index (Phi) is 1.01. The molecule has 2 fully saturated rings. The molecule has 0 radical (unpaired) electrons. The molecule has 4 heteroatoms. The fraction of sp³-hybridized carbons (Fsp3) is 0.611. The number of hydrogen-bond acceptors (Lipinski definition) is 4. The average molecular weight is 312 g/mol. The minimum absolute atomic E-state index is 0.325. The number of ketones is 1. The Labute approximate surface area is 148 Å². The first-order valence-electron chi connectivity index (χ1n) is 13.6. The van der Waals surface area contributed by atoms with Crippen LogP contribution in [0.3, 0.4) is 0 Å². The van der Waals surface area contributed by atoms with Gasteiger partial charge in [-0.15, -0.1) is 0 Å². The molecule has 4 nitrogen and oxygen atoms in total. The number of Topliss-reactive ketones (excluding diaryl/α,β-unsaturated/α-hetero) is 1. The third kappa shape index (κ3) is 1.27. The second-order valence-corrected chi connectivity index (χ2v) is 5.87. The van der Waals surface area contributed by atoms with Gasteiger partial charge in [-0.1, -0.05) is 6.04 Å². The molecule has 0 N–H and O–H groups in total. The molecule has 2 aliphatic carbocycles. The van der Waals surface area contributed by atoms with Crippen molar-refractivity contribution in [2.45, 2.75) is 43.1 Å². The van der Waals surface area contributed by atoms with Gasteiger partial charge in [0.1, 0.15) is 0 Å². The molecule has 0 amide bonds. The first kappa shape index (κ1) is 5.52. The molecule has 2 aliphatic heterocycles. The van der Waals surface area contributed by atoms with Gasteiger partial charge in [-0.25, -0.2) is 0 Å². The smallest absolute Gasteiger partial charge is 0.174 e. The zero-order valence-corrected chi connectivity index (χ0v) is 11.5. The molecule has 2 bridgehead atoms. The second-order valence-electron chi connectivity index (χ2n) is 5.87. The van der Waals surface area contributed by atoms with Gasteiger partial charge in [0.25, 0.3) is 0 Å². The predicted molar refractivity (Wildman–Crippen MR) is 81.6 cm³/mol. The SMILES string of the molecule is [2H]c1c([2H])c2c3c(c1OC([2H])([2H])[2H])OC1([2H])C(=O)CC[C@]4([2H])[C@@]31CCN(C([2H])([2H])[2H])[C@]4([2H])C2([2H])[2H]. The molecule has 116 valence electrons. The van der Waals surface area contributed by atoms with E-state index in [1.807, 2.05) is 0 Å². The van der Waals surface area contributed by atoms with E-state index in [0.29, 0.717) is 4.90 Å². The topological polar surface area (TPSA) is 38.8 Å². The van der Waals surface area contributed by atoms with Crippen LogP contribution in [0.25, 0.3) is 0 Å². The average Bonchev–Trinajstić information content (AvgIpc) is 2.96. The summed E-state index contributed by atoms with van der Waals surface area (Å²) >= 11 is 0. The van der Waals surface area contributed by atoms with Crippen LogP contribution >= 0.6 is 0 Å². The molecule has 4 aliphatic rings. The molecule has 22 heavy (non-hydrogen) atoms. The number of methoxy groups -OCH3 is 1. The minimum Gasteiger partial charge on any atom is -0.493 e. The van der Waals surface area contributed by atoms with Crippen molar-refractivity contribution in [1.29, 1.82) is 0 Å². The number of carbonyl (C=O) groups excluding carboxylic acids is 1. The Morgan fingerprint density at radius 2 is 2.59 bits per heavy atom. The van der Waals surface area contributed by atoms with Crippen molar-refractivity contribution in [3.8, 4) is 11.5 Å². The lowest BCUT2D eigenvalue weighted by atomic mass is 9.52. The van der Waals surface area contributed by atoms with Crippen LogP contribution in [-0.2, 0) is 16.6 Å². The number of piperidine rings is 1. The highest BCUT2D eigenvalue weighted by Gasteiger charge is 2.65. The summed E-state index contributed by atoms with van der Waals surface area (Å²) in [4.78, 5) is 13.7. The van der Waals surface area contributed by atoms with Crippen molar-refractivity contribution >= 4 is 5.78 Å². The molecule has 1 saturated carbocycles. The van der Waals surface area contributed by atoms with Crippen LogP contribution in [-0.4, -0.2) is 43.3 Å². The molecule has 5 rings (SSSR count). The molecule has 1 aromatic carbocycles. The molecule has 1 aromatic rings. The van der Waals surface area contributed by atoms with Crippen LogP contribution in [0, 0.1) is 5.89 Å². The van der Waals surface area contributed by atoms with Crippen molar-refractivity contribution in [2.75, 3.05) is 20.6 Å². The van der Waals surface area contributed by atoms with Crippen LogP contribution in [0.15, 0.2) is 12.1 Å². The number of nitrogens with zero attached hydrogens (tertiary/aromatic N) is 1. The normalized spacial score (nSPS) is 60.5. The molecule has 4 atom stereocenters. The molecular formula is C18H21NO3. The maximum atomic E-state index is 13.2. The number of hydrogen-bond donors (Lipinski definition) is 0. The second kappa shape index (κ2) is 4.05. The van der Waals surface area contributed by atoms with Gasteiger partial charge in [0.15, 0.2) is 23.4 Å². The van der Waals surface area contributed by atoms with Gasteiger partial charge in [-0.05, 0) is 50.2 Å². The fourth-order valence-corrected chi connectivity index (χ4v) is 4.11. The standard InChI is InChI=1S/C18H21NO3/c1-19-8-7-18-11-4-5-13(20)17(18)22-16-14(21-2)6-3-10(15(16)18)9-12(11)19/h3,6,11-12,17H,4-5,7-9H2,1-2H3/t11-,12+,17?,18-/m0/s1/i1D3,2D3,3D,6D,9D2,11D,12D,17D. The summed E-state index contributed by atoms with van der Waals surface area (Å²) < 4.78 is 120. The van der Waals surface area contributed by atoms with Crippen LogP contribution < -0.4 is 9.47 Å². The third-order valence-corrected chi connectivity index (χ3v) is 4.98. The Hall–Kier alpha value is -1.55. The summed E-state index contributed by atoms with van der Waals surface area (Å²) in [5, 5.41) is 0. The number of likely N-dealkylation sites (tertiary alicyclic amines) is 1. The van der Waals surface area contributed by atoms with E-state index in [4.69, 9.17) is 24.6 Å². The first-order valence-corrected chi connectivity index (χ1v) is 7.09. The lowest BCUT2D eigenvalue weighted by Crippen LogP contribution is -2.65. The molecular weight excluding hydrogens is 278 g/mol. The summed E-state index contributed by atoms with van der Waals surface area (Å²) in [6, 6.07) is -4.71. The van der Waals surface area contributed by atoms with E-state index < -0.39 is 98.1 Å². The summed E-state index contributed by atoms with van der Waals surface area (Å²) in [7, 11) is -3.13. The first-order chi connectivity index (χ1) is 15.7. The number of rotatable bonds is 1. The summed E-state index contributed by atoms with van der Waals surface area (Å²) in [6.07, 6.45) is -7.04. The molecule has 1 unspecified atom stereocenters. The Morgan fingerprint density at radius 1 is 1.64 bits per heavy atom.